The van der Waals surface area contributed by atoms with Crippen LogP contribution in [-0.4, -0.2) is 51.0 Å². The fourth-order valence-electron chi connectivity index (χ4n) is 5.65. The van der Waals surface area contributed by atoms with E-state index >= 15 is 8.78 Å². The molecule has 1 amide bonds. The first-order valence-corrected chi connectivity index (χ1v) is 16.6. The van der Waals surface area contributed by atoms with Gasteiger partial charge in [0.15, 0.2) is 6.04 Å². The quantitative estimate of drug-likeness (QED) is 0.277. The molecule has 1 atom stereocenters. The average molecular weight is 628 g/mol. The first-order chi connectivity index (χ1) is 21.1. The number of para-hydroxylation sites is 1. The zero-order valence-electron chi connectivity index (χ0n) is 24.5. The van der Waals surface area contributed by atoms with Crippen molar-refractivity contribution in [3.8, 4) is 17.2 Å². The normalized spacial score (nSPS) is 17.7. The topological polar surface area (TPSA) is 111 Å². The SMILES string of the molecule is NC1CCN(C(=O)C(NS(=O)(=O)c2ccc(OCC3CCCCC3)cc2)C(F)(F)c2cccc(Oc3ccccc3)c2)CC1. The second-order valence-electron chi connectivity index (χ2n) is 11.6. The van der Waals surface area contributed by atoms with Crippen LogP contribution in [0.25, 0.3) is 0 Å². The van der Waals surface area contributed by atoms with Gasteiger partial charge in [0.1, 0.15) is 17.2 Å². The number of carbonyl (C=O) groups excluding carboxylic acids is 1. The summed E-state index contributed by atoms with van der Waals surface area (Å²) in [5, 5.41) is 0. The summed E-state index contributed by atoms with van der Waals surface area (Å²) in [4.78, 5) is 14.6. The second-order valence-corrected chi connectivity index (χ2v) is 13.3. The van der Waals surface area contributed by atoms with E-state index in [0.717, 1.165) is 25.0 Å². The molecule has 2 aliphatic rings. The van der Waals surface area contributed by atoms with Gasteiger partial charge in [0.25, 0.3) is 5.92 Å². The van der Waals surface area contributed by atoms with E-state index in [2.05, 4.69) is 0 Å². The van der Waals surface area contributed by atoms with Crippen molar-refractivity contribution in [2.45, 2.75) is 67.8 Å². The van der Waals surface area contributed by atoms with Gasteiger partial charge in [-0.3, -0.25) is 4.79 Å². The average Bonchev–Trinajstić information content (AvgIpc) is 3.04. The molecule has 44 heavy (non-hydrogen) atoms. The lowest BCUT2D eigenvalue weighted by molar-refractivity contribution is -0.145. The molecule has 1 aliphatic carbocycles. The Bertz CT molecular complexity index is 1490. The van der Waals surface area contributed by atoms with E-state index in [1.807, 2.05) is 4.72 Å². The minimum Gasteiger partial charge on any atom is -0.493 e. The number of sulfonamides is 1. The Morgan fingerprint density at radius 3 is 2.23 bits per heavy atom. The predicted molar refractivity (Wildman–Crippen MR) is 163 cm³/mol. The second kappa shape index (κ2) is 14.0. The third kappa shape index (κ3) is 7.94. The Hall–Kier alpha value is -3.54. The van der Waals surface area contributed by atoms with Gasteiger partial charge < -0.3 is 20.1 Å². The number of nitrogens with one attached hydrogen (secondary N) is 1. The third-order valence-corrected chi connectivity index (χ3v) is 9.71. The highest BCUT2D eigenvalue weighted by atomic mass is 32.2. The van der Waals surface area contributed by atoms with Crippen molar-refractivity contribution in [1.82, 2.24) is 9.62 Å². The molecule has 1 unspecified atom stereocenters. The minimum absolute atomic E-state index is 0.121. The highest BCUT2D eigenvalue weighted by molar-refractivity contribution is 7.89. The summed E-state index contributed by atoms with van der Waals surface area (Å²) in [7, 11) is -4.54. The number of benzene rings is 3. The standard InChI is InChI=1S/C33H39F2N3O5S/c34-33(35,25-10-7-13-29(22-25)43-28-11-5-2-6-12-28)31(32(39)38-20-18-26(36)19-21-38)37-44(40,41)30-16-14-27(15-17-30)42-23-24-8-3-1-4-9-24/h2,5-7,10-17,22,24,26,31,37H,1,3-4,8-9,18-21,23,36H2. The number of hydrogen-bond acceptors (Lipinski definition) is 6. The van der Waals surface area contributed by atoms with Crippen LogP contribution in [0, 0.1) is 5.92 Å². The molecule has 3 N–H and O–H groups in total. The molecule has 0 spiro atoms. The molecular weight excluding hydrogens is 588 g/mol. The number of nitrogens with two attached hydrogens (primary N) is 1. The molecule has 1 heterocycles. The molecule has 3 aromatic rings. The van der Waals surface area contributed by atoms with Crippen molar-refractivity contribution in [3.63, 3.8) is 0 Å². The molecule has 5 rings (SSSR count). The lowest BCUT2D eigenvalue weighted by Crippen LogP contribution is -2.57. The highest BCUT2D eigenvalue weighted by Gasteiger charge is 2.50. The van der Waals surface area contributed by atoms with Gasteiger partial charge in [-0.2, -0.15) is 13.5 Å². The number of nitrogens with zero attached hydrogens (tertiary/aromatic N) is 1. The number of alkyl halides is 2. The van der Waals surface area contributed by atoms with Crippen LogP contribution in [0.1, 0.15) is 50.5 Å². The number of ether oxygens (including phenoxy) is 2. The first kappa shape index (κ1) is 31.9. The molecule has 236 valence electrons. The summed E-state index contributed by atoms with van der Waals surface area (Å²) in [6.45, 7) is 0.844. The van der Waals surface area contributed by atoms with Crippen LogP contribution in [0.3, 0.4) is 0 Å². The molecule has 1 saturated heterocycles. The third-order valence-electron chi connectivity index (χ3n) is 8.28. The first-order valence-electron chi connectivity index (χ1n) is 15.1. The van der Waals surface area contributed by atoms with E-state index in [-0.39, 0.29) is 29.8 Å². The number of halogens is 2. The van der Waals surface area contributed by atoms with E-state index in [0.29, 0.717) is 36.9 Å². The number of piperidine rings is 1. The number of rotatable bonds is 11. The minimum atomic E-state index is -4.54. The molecule has 1 saturated carbocycles. The Morgan fingerprint density at radius 1 is 0.886 bits per heavy atom. The maximum Gasteiger partial charge on any atom is 0.298 e. The lowest BCUT2D eigenvalue weighted by Gasteiger charge is -2.35. The zero-order chi connectivity index (χ0) is 31.2. The van der Waals surface area contributed by atoms with Crippen molar-refractivity contribution in [3.05, 3.63) is 84.4 Å². The molecule has 1 aliphatic heterocycles. The number of hydrogen-bond donors (Lipinski definition) is 2. The van der Waals surface area contributed by atoms with Crippen molar-refractivity contribution in [2.24, 2.45) is 11.7 Å². The summed E-state index contributed by atoms with van der Waals surface area (Å²) in [5.41, 5.74) is 5.40. The molecule has 0 aromatic heterocycles. The fourth-order valence-corrected chi connectivity index (χ4v) is 6.84. The van der Waals surface area contributed by atoms with Crippen molar-refractivity contribution in [1.29, 1.82) is 0 Å². The maximum absolute atomic E-state index is 16.3. The molecule has 8 nitrogen and oxygen atoms in total. The van der Waals surface area contributed by atoms with Crippen LogP contribution in [0.4, 0.5) is 8.78 Å². The Labute approximate surface area is 257 Å². The van der Waals surface area contributed by atoms with E-state index in [9.17, 15) is 13.2 Å². The Balaban J connectivity index is 1.38. The van der Waals surface area contributed by atoms with Crippen LogP contribution < -0.4 is 19.9 Å². The summed E-state index contributed by atoms with van der Waals surface area (Å²) in [6.07, 6.45) is 6.65. The van der Waals surface area contributed by atoms with Gasteiger partial charge in [0.2, 0.25) is 15.9 Å². The summed E-state index contributed by atoms with van der Waals surface area (Å²) < 4.78 is 73.3. The van der Waals surface area contributed by atoms with Gasteiger partial charge in [-0.05, 0) is 80.1 Å². The summed E-state index contributed by atoms with van der Waals surface area (Å²) >= 11 is 0. The highest BCUT2D eigenvalue weighted by Crippen LogP contribution is 2.37. The number of carbonyl (C=O) groups is 1. The van der Waals surface area contributed by atoms with Crippen LogP contribution in [-0.2, 0) is 20.7 Å². The van der Waals surface area contributed by atoms with Gasteiger partial charge in [-0.1, -0.05) is 49.6 Å². The van der Waals surface area contributed by atoms with E-state index < -0.39 is 33.5 Å². The van der Waals surface area contributed by atoms with E-state index in [1.54, 1.807) is 30.3 Å². The molecule has 0 bridgehead atoms. The Morgan fingerprint density at radius 2 is 1.55 bits per heavy atom. The van der Waals surface area contributed by atoms with Crippen LogP contribution >= 0.6 is 0 Å². The van der Waals surface area contributed by atoms with Gasteiger partial charge >= 0.3 is 0 Å². The monoisotopic (exact) mass is 627 g/mol. The molecule has 0 radical (unpaired) electrons. The zero-order valence-corrected chi connectivity index (χ0v) is 25.4. The summed E-state index contributed by atoms with van der Waals surface area (Å²) in [5.74, 6) is -3.43. The van der Waals surface area contributed by atoms with Gasteiger partial charge in [0.05, 0.1) is 11.5 Å². The molecule has 2 fully saturated rings. The number of amides is 1. The van der Waals surface area contributed by atoms with Gasteiger partial charge in [0, 0.05) is 24.7 Å². The van der Waals surface area contributed by atoms with Crippen LogP contribution in [0.2, 0.25) is 0 Å². The van der Waals surface area contributed by atoms with E-state index in [4.69, 9.17) is 15.2 Å². The lowest BCUT2D eigenvalue weighted by atomic mass is 9.90. The van der Waals surface area contributed by atoms with Gasteiger partial charge in [-0.15, -0.1) is 0 Å². The fraction of sp³-hybridized carbons (Fsp3) is 0.424. The van der Waals surface area contributed by atoms with Crippen LogP contribution in [0.5, 0.6) is 17.2 Å². The number of likely N-dealkylation sites (tertiary alicyclic amines) is 1. The maximum atomic E-state index is 16.3. The van der Waals surface area contributed by atoms with Crippen molar-refractivity contribution >= 4 is 15.9 Å². The van der Waals surface area contributed by atoms with Crippen molar-refractivity contribution in [2.75, 3.05) is 19.7 Å². The molecular formula is C33H39F2N3O5S. The molecule has 11 heteroatoms. The van der Waals surface area contributed by atoms with Crippen LogP contribution in [0.15, 0.2) is 83.8 Å². The smallest absolute Gasteiger partial charge is 0.298 e. The largest absolute Gasteiger partial charge is 0.493 e. The van der Waals surface area contributed by atoms with Crippen molar-refractivity contribution < 1.29 is 31.5 Å². The molecule has 3 aromatic carbocycles. The predicted octanol–water partition coefficient (Wildman–Crippen LogP) is 5.83. The van der Waals surface area contributed by atoms with Gasteiger partial charge in [-0.25, -0.2) is 8.42 Å². The van der Waals surface area contributed by atoms with E-state index in [1.165, 1.54) is 60.6 Å². The Kier molecular flexibility index (Phi) is 10.2. The summed E-state index contributed by atoms with van der Waals surface area (Å²) in [6, 6.07) is 16.8.